The molecule has 3 aliphatic rings. The number of piperidine rings is 2. The number of carbonyl (C=O) groups excluding carboxylic acids is 2. The summed E-state index contributed by atoms with van der Waals surface area (Å²) in [6, 6.07) is 0.348. The predicted molar refractivity (Wildman–Crippen MR) is 161 cm³/mol. The summed E-state index contributed by atoms with van der Waals surface area (Å²) in [6.07, 6.45) is 8.77. The lowest BCUT2D eigenvalue weighted by molar-refractivity contribution is -0.166. The van der Waals surface area contributed by atoms with Gasteiger partial charge in [0, 0.05) is 66.8 Å². The van der Waals surface area contributed by atoms with Crippen molar-refractivity contribution in [2.24, 2.45) is 5.73 Å². The lowest BCUT2D eigenvalue weighted by Crippen LogP contribution is -2.62. The molecule has 1 atom stereocenters. The zero-order valence-electron chi connectivity index (χ0n) is 27.3. The highest BCUT2D eigenvalue weighted by molar-refractivity contribution is 5.82. The first-order valence-electron chi connectivity index (χ1n) is 15.7. The fourth-order valence-electron chi connectivity index (χ4n) is 7.46. The molecular formula is C32H60N4O4. The largest absolute Gasteiger partial charge is 0.462 e. The van der Waals surface area contributed by atoms with Crippen LogP contribution in [0, 0.1) is 0 Å². The fraction of sp³-hybridized carbons (Fsp3) is 0.938. The number of esters is 2. The zero-order valence-corrected chi connectivity index (χ0v) is 27.3. The summed E-state index contributed by atoms with van der Waals surface area (Å²) < 4.78 is 12.2. The Kier molecular flexibility index (Phi) is 10.1. The first-order chi connectivity index (χ1) is 18.3. The number of likely N-dealkylation sites (tertiary alicyclic amines) is 2. The monoisotopic (exact) mass is 564 g/mol. The third kappa shape index (κ3) is 7.99. The van der Waals surface area contributed by atoms with Crippen molar-refractivity contribution in [2.75, 3.05) is 20.6 Å². The molecule has 1 saturated carbocycles. The van der Waals surface area contributed by atoms with Crippen molar-refractivity contribution in [1.29, 1.82) is 0 Å². The van der Waals surface area contributed by atoms with Crippen LogP contribution in [0.25, 0.3) is 0 Å². The molecule has 40 heavy (non-hydrogen) atoms. The standard InChI is InChI=1S/C32H60N4O4/c1-28(2)18-24(19-29(3,4)35(28)9)39-26(37)16-17-32(33,22-34-23-14-12-11-13-15-23)27(38)40-25-20-30(5,6)36(10)31(7,8)21-25/h23-25,34H,11-22,33H2,1-10H3. The molecule has 1 aliphatic carbocycles. The van der Waals surface area contributed by atoms with Gasteiger partial charge >= 0.3 is 11.9 Å². The van der Waals surface area contributed by atoms with Gasteiger partial charge in [0.15, 0.2) is 0 Å². The molecule has 0 aromatic carbocycles. The molecule has 0 aromatic heterocycles. The second-order valence-corrected chi connectivity index (χ2v) is 15.7. The minimum atomic E-state index is -1.29. The van der Waals surface area contributed by atoms with Crippen LogP contribution in [0.15, 0.2) is 0 Å². The molecule has 3 fully saturated rings. The number of carbonyl (C=O) groups is 2. The van der Waals surface area contributed by atoms with Gasteiger partial charge in [-0.1, -0.05) is 19.3 Å². The first kappa shape index (κ1) is 33.3. The molecule has 2 aliphatic heterocycles. The number of nitrogens with two attached hydrogens (primary N) is 1. The van der Waals surface area contributed by atoms with E-state index in [1.165, 1.54) is 19.3 Å². The molecule has 3 N–H and O–H groups in total. The van der Waals surface area contributed by atoms with Gasteiger partial charge in [-0.15, -0.1) is 0 Å². The summed E-state index contributed by atoms with van der Waals surface area (Å²) in [7, 11) is 4.27. The van der Waals surface area contributed by atoms with Gasteiger partial charge in [-0.25, -0.2) is 4.79 Å². The van der Waals surface area contributed by atoms with E-state index in [0.717, 1.165) is 38.5 Å². The number of hydrogen-bond acceptors (Lipinski definition) is 8. The quantitative estimate of drug-likeness (QED) is 0.387. The van der Waals surface area contributed by atoms with Crippen LogP contribution < -0.4 is 11.1 Å². The average Bonchev–Trinajstić information content (AvgIpc) is 2.83. The van der Waals surface area contributed by atoms with Crippen LogP contribution in [0.4, 0.5) is 0 Å². The summed E-state index contributed by atoms with van der Waals surface area (Å²) in [5.41, 5.74) is 5.20. The summed E-state index contributed by atoms with van der Waals surface area (Å²) in [5, 5.41) is 3.56. The van der Waals surface area contributed by atoms with Gasteiger partial charge in [0.05, 0.1) is 0 Å². The van der Waals surface area contributed by atoms with E-state index in [4.69, 9.17) is 15.2 Å². The number of rotatable bonds is 9. The molecule has 2 saturated heterocycles. The summed E-state index contributed by atoms with van der Waals surface area (Å²) >= 11 is 0. The maximum absolute atomic E-state index is 13.8. The van der Waals surface area contributed by atoms with Crippen molar-refractivity contribution < 1.29 is 19.1 Å². The van der Waals surface area contributed by atoms with Crippen LogP contribution in [0.2, 0.25) is 0 Å². The SMILES string of the molecule is CN1C(C)(C)CC(OC(=O)CCC(N)(CNC2CCCCC2)C(=O)OC2CC(C)(C)N(C)C(C)(C)C2)CC1(C)C. The van der Waals surface area contributed by atoms with Gasteiger partial charge in [0.25, 0.3) is 0 Å². The highest BCUT2D eigenvalue weighted by Crippen LogP contribution is 2.40. The third-order valence-electron chi connectivity index (χ3n) is 10.6. The summed E-state index contributed by atoms with van der Waals surface area (Å²) in [4.78, 5) is 31.6. The van der Waals surface area contributed by atoms with Crippen molar-refractivity contribution in [3.63, 3.8) is 0 Å². The average molecular weight is 565 g/mol. The van der Waals surface area contributed by atoms with Gasteiger partial charge in [0.2, 0.25) is 0 Å². The molecular weight excluding hydrogens is 504 g/mol. The van der Waals surface area contributed by atoms with Crippen LogP contribution >= 0.6 is 0 Å². The van der Waals surface area contributed by atoms with Gasteiger partial charge in [-0.2, -0.15) is 0 Å². The van der Waals surface area contributed by atoms with E-state index in [1.54, 1.807) is 0 Å². The van der Waals surface area contributed by atoms with E-state index in [2.05, 4.69) is 84.6 Å². The normalized spacial score (nSPS) is 27.6. The van der Waals surface area contributed by atoms with Gasteiger partial charge in [-0.05, 0) is 88.7 Å². The van der Waals surface area contributed by atoms with E-state index >= 15 is 0 Å². The summed E-state index contributed by atoms with van der Waals surface area (Å²) in [6.45, 7) is 17.8. The molecule has 0 amide bonds. The van der Waals surface area contributed by atoms with E-state index in [-0.39, 0.29) is 53.2 Å². The summed E-state index contributed by atoms with van der Waals surface area (Å²) in [5.74, 6) is -0.700. The van der Waals surface area contributed by atoms with E-state index in [0.29, 0.717) is 12.6 Å². The zero-order chi connectivity index (χ0) is 30.1. The highest BCUT2D eigenvalue weighted by Gasteiger charge is 2.47. The van der Waals surface area contributed by atoms with Crippen molar-refractivity contribution in [2.45, 2.75) is 172 Å². The third-order valence-corrected chi connectivity index (χ3v) is 10.6. The lowest BCUT2D eigenvalue weighted by Gasteiger charge is -2.53. The van der Waals surface area contributed by atoms with E-state index < -0.39 is 11.5 Å². The van der Waals surface area contributed by atoms with Crippen molar-refractivity contribution in [3.05, 3.63) is 0 Å². The van der Waals surface area contributed by atoms with Gasteiger partial charge in [-0.3, -0.25) is 14.6 Å². The molecule has 0 radical (unpaired) electrons. The second-order valence-electron chi connectivity index (χ2n) is 15.7. The number of nitrogens with one attached hydrogen (secondary N) is 1. The topological polar surface area (TPSA) is 97.1 Å². The van der Waals surface area contributed by atoms with Crippen LogP contribution in [0.3, 0.4) is 0 Å². The van der Waals surface area contributed by atoms with E-state index in [9.17, 15) is 9.59 Å². The first-order valence-corrected chi connectivity index (χ1v) is 15.7. The Morgan fingerprint density at radius 1 is 0.775 bits per heavy atom. The number of ether oxygens (including phenoxy) is 2. The molecule has 8 nitrogen and oxygen atoms in total. The molecule has 2 heterocycles. The minimum absolute atomic E-state index is 0.0757. The van der Waals surface area contributed by atoms with Crippen molar-refractivity contribution in [3.8, 4) is 0 Å². The van der Waals surface area contributed by atoms with Crippen LogP contribution in [-0.2, 0) is 19.1 Å². The van der Waals surface area contributed by atoms with Gasteiger partial charge < -0.3 is 20.5 Å². The Morgan fingerprint density at radius 3 is 1.65 bits per heavy atom. The number of nitrogens with zero attached hydrogens (tertiary/aromatic N) is 2. The molecule has 0 aromatic rings. The molecule has 8 heteroatoms. The number of hydrogen-bond donors (Lipinski definition) is 2. The van der Waals surface area contributed by atoms with E-state index in [1.807, 2.05) is 0 Å². The van der Waals surface area contributed by atoms with Crippen LogP contribution in [0.5, 0.6) is 0 Å². The molecule has 1 unspecified atom stereocenters. The maximum Gasteiger partial charge on any atom is 0.327 e. The van der Waals surface area contributed by atoms with Crippen LogP contribution in [0.1, 0.15) is 126 Å². The Morgan fingerprint density at radius 2 is 1.20 bits per heavy atom. The predicted octanol–water partition coefficient (Wildman–Crippen LogP) is 4.78. The lowest BCUT2D eigenvalue weighted by atomic mass is 9.78. The Hall–Kier alpha value is -1.22. The maximum atomic E-state index is 13.8. The van der Waals surface area contributed by atoms with Crippen molar-refractivity contribution >= 4 is 11.9 Å². The molecule has 232 valence electrons. The molecule has 3 rings (SSSR count). The Labute approximate surface area is 244 Å². The smallest absolute Gasteiger partial charge is 0.327 e. The molecule has 0 spiro atoms. The second kappa shape index (κ2) is 12.2. The highest BCUT2D eigenvalue weighted by atomic mass is 16.5. The van der Waals surface area contributed by atoms with Crippen molar-refractivity contribution in [1.82, 2.24) is 15.1 Å². The van der Waals surface area contributed by atoms with Crippen LogP contribution in [-0.4, -0.2) is 88.3 Å². The fourth-order valence-corrected chi connectivity index (χ4v) is 7.46. The Balaban J connectivity index is 1.67. The molecule has 0 bridgehead atoms. The van der Waals surface area contributed by atoms with Gasteiger partial charge in [0.1, 0.15) is 17.7 Å². The minimum Gasteiger partial charge on any atom is -0.462 e. The Bertz CT molecular complexity index is 859.